The Morgan fingerprint density at radius 1 is 1.57 bits per heavy atom. The molecule has 14 heavy (non-hydrogen) atoms. The molecule has 0 radical (unpaired) electrons. The van der Waals surface area contributed by atoms with E-state index in [0.29, 0.717) is 12.3 Å². The second-order valence-corrected chi connectivity index (χ2v) is 3.56. The van der Waals surface area contributed by atoms with Crippen LogP contribution >= 0.6 is 0 Å². The highest BCUT2D eigenvalue weighted by Gasteiger charge is 2.27. The van der Waals surface area contributed by atoms with E-state index in [1.807, 2.05) is 0 Å². The van der Waals surface area contributed by atoms with Crippen LogP contribution in [0, 0.1) is 5.92 Å². The van der Waals surface area contributed by atoms with Crippen molar-refractivity contribution in [1.82, 2.24) is 5.32 Å². The summed E-state index contributed by atoms with van der Waals surface area (Å²) in [5, 5.41) is 11.1. The van der Waals surface area contributed by atoms with Gasteiger partial charge in [-0.05, 0) is 12.3 Å². The van der Waals surface area contributed by atoms with Crippen LogP contribution in [0.15, 0.2) is 0 Å². The first kappa shape index (κ1) is 10.8. The third kappa shape index (κ3) is 2.90. The zero-order chi connectivity index (χ0) is 10.6. The molecule has 0 aromatic rings. The van der Waals surface area contributed by atoms with E-state index in [-0.39, 0.29) is 0 Å². The number of hydrogen-bond donors (Lipinski definition) is 2. The monoisotopic (exact) mass is 201 g/mol. The quantitative estimate of drug-likeness (QED) is 0.711. The third-order valence-corrected chi connectivity index (χ3v) is 2.57. The molecular formula is C9H15NO4. The number of hydrogen-bond acceptors (Lipinski definition) is 3. The van der Waals surface area contributed by atoms with Crippen LogP contribution in [0.2, 0.25) is 0 Å². The summed E-state index contributed by atoms with van der Waals surface area (Å²) in [6.45, 7) is 0. The van der Waals surface area contributed by atoms with Crippen LogP contribution in [0.1, 0.15) is 25.7 Å². The Morgan fingerprint density at radius 2 is 2.21 bits per heavy atom. The highest BCUT2D eigenvalue weighted by molar-refractivity contribution is 5.79. The fourth-order valence-electron chi connectivity index (χ4n) is 1.48. The van der Waals surface area contributed by atoms with Gasteiger partial charge in [0.25, 0.3) is 0 Å². The van der Waals surface area contributed by atoms with Crippen molar-refractivity contribution in [1.29, 1.82) is 0 Å². The predicted molar refractivity (Wildman–Crippen MR) is 48.9 cm³/mol. The fraction of sp³-hybridized carbons (Fsp3) is 0.778. The Morgan fingerprint density at radius 3 is 2.57 bits per heavy atom. The summed E-state index contributed by atoms with van der Waals surface area (Å²) in [7, 11) is 1.22. The smallest absolute Gasteiger partial charge is 0.407 e. The molecule has 0 aliphatic heterocycles. The van der Waals surface area contributed by atoms with Gasteiger partial charge in [0.05, 0.1) is 7.11 Å². The SMILES string of the molecule is COC(=O)N[C@H](CC1CCC1)C(=O)O. The molecule has 0 aromatic heterocycles. The molecule has 0 heterocycles. The van der Waals surface area contributed by atoms with Gasteiger partial charge in [-0.2, -0.15) is 0 Å². The molecule has 0 unspecified atom stereocenters. The maximum Gasteiger partial charge on any atom is 0.407 e. The Labute approximate surface area is 82.4 Å². The summed E-state index contributed by atoms with van der Waals surface area (Å²) in [6, 6.07) is -0.812. The summed E-state index contributed by atoms with van der Waals surface area (Å²) in [5.74, 6) is -0.560. The van der Waals surface area contributed by atoms with Gasteiger partial charge in [-0.15, -0.1) is 0 Å². The molecule has 2 N–H and O–H groups in total. The van der Waals surface area contributed by atoms with Crippen LogP contribution in [-0.4, -0.2) is 30.3 Å². The third-order valence-electron chi connectivity index (χ3n) is 2.57. The van der Waals surface area contributed by atoms with Crippen molar-refractivity contribution < 1.29 is 19.4 Å². The number of carboxylic acids is 1. The van der Waals surface area contributed by atoms with Crippen molar-refractivity contribution in [2.24, 2.45) is 5.92 Å². The molecule has 5 heteroatoms. The maximum absolute atomic E-state index is 10.8. The van der Waals surface area contributed by atoms with Gasteiger partial charge >= 0.3 is 12.1 Å². The molecule has 1 aliphatic carbocycles. The van der Waals surface area contributed by atoms with Crippen LogP contribution in [0.5, 0.6) is 0 Å². The van der Waals surface area contributed by atoms with Crippen molar-refractivity contribution in [2.45, 2.75) is 31.7 Å². The normalized spacial score (nSPS) is 18.1. The van der Waals surface area contributed by atoms with E-state index >= 15 is 0 Å². The molecular weight excluding hydrogens is 186 g/mol. The Balaban J connectivity index is 2.37. The van der Waals surface area contributed by atoms with Gasteiger partial charge < -0.3 is 15.2 Å². The van der Waals surface area contributed by atoms with Crippen LogP contribution in [-0.2, 0) is 9.53 Å². The zero-order valence-corrected chi connectivity index (χ0v) is 8.16. The first-order chi connectivity index (χ1) is 6.63. The molecule has 5 nitrogen and oxygen atoms in total. The van der Waals surface area contributed by atoms with E-state index in [4.69, 9.17) is 5.11 Å². The molecule has 0 aromatic carbocycles. The van der Waals surface area contributed by atoms with Gasteiger partial charge in [0.15, 0.2) is 0 Å². The topological polar surface area (TPSA) is 75.6 Å². The molecule has 0 spiro atoms. The van der Waals surface area contributed by atoms with E-state index < -0.39 is 18.1 Å². The molecule has 0 saturated heterocycles. The second-order valence-electron chi connectivity index (χ2n) is 3.56. The van der Waals surface area contributed by atoms with Crippen molar-refractivity contribution in [3.8, 4) is 0 Å². The lowest BCUT2D eigenvalue weighted by atomic mass is 9.81. The average molecular weight is 201 g/mol. The zero-order valence-electron chi connectivity index (χ0n) is 8.16. The van der Waals surface area contributed by atoms with Gasteiger partial charge in [0.2, 0.25) is 0 Å². The van der Waals surface area contributed by atoms with Crippen molar-refractivity contribution in [3.05, 3.63) is 0 Å². The number of carboxylic acid groups (broad SMARTS) is 1. The molecule has 0 bridgehead atoms. The number of nitrogens with one attached hydrogen (secondary N) is 1. The van der Waals surface area contributed by atoms with Gasteiger partial charge in [0, 0.05) is 0 Å². The number of carbonyl (C=O) groups excluding carboxylic acids is 1. The highest BCUT2D eigenvalue weighted by atomic mass is 16.5. The number of amides is 1. The summed E-state index contributed by atoms with van der Waals surface area (Å²) in [4.78, 5) is 21.6. The minimum absolute atomic E-state index is 0.438. The molecule has 1 fully saturated rings. The van der Waals surface area contributed by atoms with Crippen LogP contribution in [0.3, 0.4) is 0 Å². The number of ether oxygens (including phenoxy) is 1. The molecule has 1 atom stereocenters. The number of aliphatic carboxylic acids is 1. The molecule has 1 rings (SSSR count). The lowest BCUT2D eigenvalue weighted by Crippen LogP contribution is -2.42. The predicted octanol–water partition coefficient (Wildman–Crippen LogP) is 0.986. The van der Waals surface area contributed by atoms with E-state index in [1.165, 1.54) is 7.11 Å². The van der Waals surface area contributed by atoms with Crippen LogP contribution in [0.25, 0.3) is 0 Å². The number of carbonyl (C=O) groups is 2. The first-order valence-electron chi connectivity index (χ1n) is 4.70. The van der Waals surface area contributed by atoms with E-state index in [9.17, 15) is 9.59 Å². The molecule has 1 saturated carbocycles. The minimum atomic E-state index is -0.998. The standard InChI is InChI=1S/C9H15NO4/c1-14-9(13)10-7(8(11)12)5-6-3-2-4-6/h6-7H,2-5H2,1H3,(H,10,13)(H,11,12)/t7-/m1/s1. The number of alkyl carbamates (subject to hydrolysis) is 1. The number of rotatable bonds is 4. The summed E-state index contributed by atoms with van der Waals surface area (Å²) < 4.78 is 4.35. The van der Waals surface area contributed by atoms with Gasteiger partial charge in [-0.3, -0.25) is 0 Å². The van der Waals surface area contributed by atoms with E-state index in [2.05, 4.69) is 10.1 Å². The lowest BCUT2D eigenvalue weighted by molar-refractivity contribution is -0.140. The largest absolute Gasteiger partial charge is 0.480 e. The lowest BCUT2D eigenvalue weighted by Gasteiger charge is -2.27. The van der Waals surface area contributed by atoms with Gasteiger partial charge in [-0.1, -0.05) is 19.3 Å². The van der Waals surface area contributed by atoms with Crippen LogP contribution < -0.4 is 5.32 Å². The van der Waals surface area contributed by atoms with Gasteiger partial charge in [-0.25, -0.2) is 9.59 Å². The van der Waals surface area contributed by atoms with Crippen molar-refractivity contribution in [3.63, 3.8) is 0 Å². The van der Waals surface area contributed by atoms with Gasteiger partial charge in [0.1, 0.15) is 6.04 Å². The Bertz CT molecular complexity index is 225. The van der Waals surface area contributed by atoms with Crippen LogP contribution in [0.4, 0.5) is 4.79 Å². The summed E-state index contributed by atoms with van der Waals surface area (Å²) in [5.41, 5.74) is 0. The summed E-state index contributed by atoms with van der Waals surface area (Å²) >= 11 is 0. The average Bonchev–Trinajstić information content (AvgIpc) is 2.08. The Hall–Kier alpha value is -1.26. The fourth-order valence-corrected chi connectivity index (χ4v) is 1.48. The Kier molecular flexibility index (Phi) is 3.73. The molecule has 1 amide bonds. The van der Waals surface area contributed by atoms with Crippen molar-refractivity contribution in [2.75, 3.05) is 7.11 Å². The van der Waals surface area contributed by atoms with E-state index in [1.54, 1.807) is 0 Å². The minimum Gasteiger partial charge on any atom is -0.480 e. The first-order valence-corrected chi connectivity index (χ1v) is 4.70. The van der Waals surface area contributed by atoms with Crippen molar-refractivity contribution >= 4 is 12.1 Å². The number of methoxy groups -OCH3 is 1. The highest BCUT2D eigenvalue weighted by Crippen LogP contribution is 2.30. The summed E-state index contributed by atoms with van der Waals surface area (Å²) in [6.07, 6.45) is 3.11. The molecule has 1 aliphatic rings. The second kappa shape index (κ2) is 4.83. The van der Waals surface area contributed by atoms with E-state index in [0.717, 1.165) is 19.3 Å². The molecule has 80 valence electrons. The maximum atomic E-state index is 10.8.